The van der Waals surface area contributed by atoms with Gasteiger partial charge in [-0.1, -0.05) is 24.3 Å². The first-order chi connectivity index (χ1) is 14.8. The van der Waals surface area contributed by atoms with Crippen molar-refractivity contribution in [2.45, 2.75) is 11.3 Å². The highest BCUT2D eigenvalue weighted by molar-refractivity contribution is 7.92. The van der Waals surface area contributed by atoms with Crippen molar-refractivity contribution in [1.82, 2.24) is 5.32 Å². The Morgan fingerprint density at radius 3 is 2.52 bits per heavy atom. The van der Waals surface area contributed by atoms with Gasteiger partial charge in [0.05, 0.1) is 12.8 Å². The summed E-state index contributed by atoms with van der Waals surface area (Å²) >= 11 is 0. The summed E-state index contributed by atoms with van der Waals surface area (Å²) in [5.41, 5.74) is 0.805. The van der Waals surface area contributed by atoms with E-state index in [1.165, 1.54) is 31.4 Å². The van der Waals surface area contributed by atoms with Gasteiger partial charge >= 0.3 is 0 Å². The molecule has 3 aromatic rings. The largest absolute Gasteiger partial charge is 0.495 e. The van der Waals surface area contributed by atoms with Gasteiger partial charge in [-0.15, -0.1) is 0 Å². The molecule has 0 aliphatic heterocycles. The van der Waals surface area contributed by atoms with Crippen LogP contribution in [0, 0.1) is 11.6 Å². The van der Waals surface area contributed by atoms with E-state index in [0.717, 1.165) is 12.1 Å². The van der Waals surface area contributed by atoms with Crippen molar-refractivity contribution in [3.63, 3.8) is 0 Å². The number of nitrogens with one attached hydrogen (secondary N) is 2. The Labute approximate surface area is 178 Å². The second-order valence-electron chi connectivity index (χ2n) is 6.59. The van der Waals surface area contributed by atoms with Crippen LogP contribution >= 0.6 is 0 Å². The molecule has 31 heavy (non-hydrogen) atoms. The fourth-order valence-electron chi connectivity index (χ4n) is 2.89. The van der Waals surface area contributed by atoms with Gasteiger partial charge in [0.2, 0.25) is 0 Å². The number of para-hydroxylation sites is 2. The Morgan fingerprint density at radius 2 is 1.77 bits per heavy atom. The zero-order valence-electron chi connectivity index (χ0n) is 16.6. The molecule has 3 aromatic carbocycles. The topological polar surface area (TPSA) is 84.5 Å². The number of amides is 1. The lowest BCUT2D eigenvalue weighted by molar-refractivity contribution is 0.0954. The van der Waals surface area contributed by atoms with Crippen LogP contribution in [0.5, 0.6) is 5.75 Å². The van der Waals surface area contributed by atoms with Crippen molar-refractivity contribution in [2.24, 2.45) is 0 Å². The third-order valence-corrected chi connectivity index (χ3v) is 5.80. The van der Waals surface area contributed by atoms with Crippen LogP contribution in [0.1, 0.15) is 15.9 Å². The minimum Gasteiger partial charge on any atom is -0.495 e. The number of ether oxygens (including phenoxy) is 1. The number of anilines is 1. The number of hydrogen-bond acceptors (Lipinski definition) is 4. The maximum absolute atomic E-state index is 14.3. The van der Waals surface area contributed by atoms with Gasteiger partial charge in [0, 0.05) is 12.1 Å². The van der Waals surface area contributed by atoms with Crippen LogP contribution in [0.2, 0.25) is 0 Å². The monoisotopic (exact) mass is 446 g/mol. The molecule has 0 heterocycles. The highest BCUT2D eigenvalue weighted by atomic mass is 32.2. The quantitative estimate of drug-likeness (QED) is 0.552. The Kier molecular flexibility index (Phi) is 6.86. The molecule has 6 nitrogen and oxygen atoms in total. The number of carbonyl (C=O) groups is 1. The van der Waals surface area contributed by atoms with Gasteiger partial charge in [0.1, 0.15) is 22.3 Å². The Hall–Kier alpha value is -3.46. The fraction of sp³-hybridized carbons (Fsp3) is 0.136. The number of carbonyl (C=O) groups excluding carboxylic acids is 1. The van der Waals surface area contributed by atoms with Crippen LogP contribution in [-0.4, -0.2) is 28.0 Å². The van der Waals surface area contributed by atoms with Crippen molar-refractivity contribution in [3.8, 4) is 5.75 Å². The summed E-state index contributed by atoms with van der Waals surface area (Å²) in [4.78, 5) is 11.7. The van der Waals surface area contributed by atoms with E-state index >= 15 is 0 Å². The minimum atomic E-state index is -4.33. The van der Waals surface area contributed by atoms with Crippen LogP contribution in [0.4, 0.5) is 14.5 Å². The van der Waals surface area contributed by atoms with Crippen molar-refractivity contribution in [3.05, 3.63) is 89.5 Å². The molecule has 0 spiro atoms. The number of rotatable bonds is 8. The molecule has 0 aromatic heterocycles. The van der Waals surface area contributed by atoms with Gasteiger partial charge in [0.25, 0.3) is 15.9 Å². The van der Waals surface area contributed by atoms with E-state index in [1.807, 2.05) is 0 Å². The van der Waals surface area contributed by atoms with Gasteiger partial charge in [-0.25, -0.2) is 17.2 Å². The van der Waals surface area contributed by atoms with Crippen LogP contribution in [0.3, 0.4) is 0 Å². The molecule has 0 saturated heterocycles. The van der Waals surface area contributed by atoms with E-state index < -0.39 is 26.6 Å². The van der Waals surface area contributed by atoms with Crippen LogP contribution < -0.4 is 14.8 Å². The van der Waals surface area contributed by atoms with E-state index in [4.69, 9.17) is 4.74 Å². The lowest BCUT2D eigenvalue weighted by Crippen LogP contribution is -2.26. The first-order valence-corrected chi connectivity index (χ1v) is 10.8. The number of benzene rings is 3. The Morgan fingerprint density at radius 1 is 1.00 bits per heavy atom. The number of sulfonamides is 1. The van der Waals surface area contributed by atoms with E-state index in [9.17, 15) is 22.0 Å². The Balaban J connectivity index is 1.75. The average molecular weight is 446 g/mol. The standard InChI is InChI=1S/C22H20F2N2O4S/c1-30-20-8-3-2-7-19(20)26-31(28,29)21-14-16(9-10-18(21)24)22(27)25-12-11-15-5-4-6-17(23)13-15/h2-10,13-14,26H,11-12H2,1H3,(H,25,27). The van der Waals surface area contributed by atoms with Crippen molar-refractivity contribution in [2.75, 3.05) is 18.4 Å². The van der Waals surface area contributed by atoms with Crippen LogP contribution in [0.15, 0.2) is 71.6 Å². The van der Waals surface area contributed by atoms with Crippen LogP contribution in [-0.2, 0) is 16.4 Å². The van der Waals surface area contributed by atoms with Gasteiger partial charge in [-0.05, 0) is 54.4 Å². The molecule has 0 atom stereocenters. The van der Waals surface area contributed by atoms with Gasteiger partial charge in [-0.3, -0.25) is 9.52 Å². The lowest BCUT2D eigenvalue weighted by atomic mass is 10.1. The zero-order chi connectivity index (χ0) is 22.4. The van der Waals surface area contributed by atoms with E-state index in [1.54, 1.807) is 30.3 Å². The summed E-state index contributed by atoms with van der Waals surface area (Å²) in [7, 11) is -2.95. The minimum absolute atomic E-state index is 0.0268. The second kappa shape index (κ2) is 9.57. The smallest absolute Gasteiger partial charge is 0.264 e. The van der Waals surface area contributed by atoms with Gasteiger partial charge in [-0.2, -0.15) is 0 Å². The van der Waals surface area contributed by atoms with Gasteiger partial charge < -0.3 is 10.1 Å². The average Bonchev–Trinajstić information content (AvgIpc) is 2.74. The molecule has 0 saturated carbocycles. The molecule has 0 fully saturated rings. The van der Waals surface area contributed by atoms with E-state index in [0.29, 0.717) is 12.0 Å². The Bertz CT molecular complexity index is 1200. The van der Waals surface area contributed by atoms with Crippen molar-refractivity contribution in [1.29, 1.82) is 0 Å². The highest BCUT2D eigenvalue weighted by Gasteiger charge is 2.22. The molecule has 162 valence electrons. The lowest BCUT2D eigenvalue weighted by Gasteiger charge is -2.13. The summed E-state index contributed by atoms with van der Waals surface area (Å²) < 4.78 is 60.3. The van der Waals surface area contributed by atoms with Crippen LogP contribution in [0.25, 0.3) is 0 Å². The molecule has 2 N–H and O–H groups in total. The molecule has 0 unspecified atom stereocenters. The molecule has 0 aliphatic carbocycles. The van der Waals surface area contributed by atoms with E-state index in [2.05, 4.69) is 10.0 Å². The maximum Gasteiger partial charge on any atom is 0.264 e. The second-order valence-corrected chi connectivity index (χ2v) is 8.24. The maximum atomic E-state index is 14.3. The number of halogens is 2. The van der Waals surface area contributed by atoms with E-state index in [-0.39, 0.29) is 29.4 Å². The summed E-state index contributed by atoms with van der Waals surface area (Å²) in [6.07, 6.45) is 0.380. The molecule has 0 radical (unpaired) electrons. The molecule has 0 bridgehead atoms. The first kappa shape index (κ1) is 22.2. The highest BCUT2D eigenvalue weighted by Crippen LogP contribution is 2.27. The molecular weight excluding hydrogens is 426 g/mol. The molecule has 1 amide bonds. The zero-order valence-corrected chi connectivity index (χ0v) is 17.4. The summed E-state index contributed by atoms with van der Waals surface area (Å²) in [6, 6.07) is 15.3. The predicted octanol–water partition coefficient (Wildman–Crippen LogP) is 3.75. The number of hydrogen-bond donors (Lipinski definition) is 2. The van der Waals surface area contributed by atoms with Gasteiger partial charge in [0.15, 0.2) is 0 Å². The summed E-state index contributed by atoms with van der Waals surface area (Å²) in [6.45, 7) is 0.196. The molecular formula is C22H20F2N2O4S. The predicted molar refractivity (Wildman–Crippen MR) is 113 cm³/mol. The summed E-state index contributed by atoms with van der Waals surface area (Å²) in [5, 5.41) is 2.61. The van der Waals surface area contributed by atoms with Crippen molar-refractivity contribution < 1.29 is 26.7 Å². The molecule has 3 rings (SSSR count). The fourth-order valence-corrected chi connectivity index (χ4v) is 4.07. The van der Waals surface area contributed by atoms with Crippen molar-refractivity contribution >= 4 is 21.6 Å². The normalized spacial score (nSPS) is 11.1. The third-order valence-electron chi connectivity index (χ3n) is 4.42. The number of methoxy groups -OCH3 is 1. The third kappa shape index (κ3) is 5.58. The molecule has 9 heteroatoms. The summed E-state index contributed by atoms with van der Waals surface area (Å²) in [5.74, 6) is -1.69. The first-order valence-electron chi connectivity index (χ1n) is 9.28. The molecule has 0 aliphatic rings. The SMILES string of the molecule is COc1ccccc1NS(=O)(=O)c1cc(C(=O)NCCc2cccc(F)c2)ccc1F.